The first kappa shape index (κ1) is 18.3. The molecule has 0 N–H and O–H groups in total. The van der Waals surface area contributed by atoms with Gasteiger partial charge in [-0.05, 0) is 27.9 Å². The summed E-state index contributed by atoms with van der Waals surface area (Å²) in [5.74, 6) is 2.53. The van der Waals surface area contributed by atoms with Gasteiger partial charge in [0.2, 0.25) is 0 Å². The summed E-state index contributed by atoms with van der Waals surface area (Å²) in [4.78, 5) is 0. The third-order valence-corrected chi connectivity index (χ3v) is 9.28. The molecule has 0 aliphatic carbocycles. The van der Waals surface area contributed by atoms with Gasteiger partial charge in [-0.3, -0.25) is 0 Å². The largest absolute Gasteiger partial charge is 0.407 e. The van der Waals surface area contributed by atoms with E-state index in [0.29, 0.717) is 6.61 Å². The van der Waals surface area contributed by atoms with E-state index < -0.39 is 8.32 Å². The Kier molecular flexibility index (Phi) is 6.20. The Labute approximate surface area is 147 Å². The van der Waals surface area contributed by atoms with Gasteiger partial charge in [-0.15, -0.1) is 6.42 Å². The summed E-state index contributed by atoms with van der Waals surface area (Å²) in [6, 6.07) is 21.4. The minimum absolute atomic E-state index is 0.0194. The van der Waals surface area contributed by atoms with Gasteiger partial charge >= 0.3 is 0 Å². The summed E-state index contributed by atoms with van der Waals surface area (Å²) in [6.07, 6.45) is 9.85. The maximum atomic E-state index is 6.73. The van der Waals surface area contributed by atoms with Gasteiger partial charge in [0.05, 0.1) is 0 Å². The molecule has 0 aliphatic heterocycles. The normalized spacial score (nSPS) is 12.2. The molecule has 0 unspecified atom stereocenters. The molecule has 0 heterocycles. The van der Waals surface area contributed by atoms with Crippen LogP contribution in [-0.2, 0) is 4.43 Å². The van der Waals surface area contributed by atoms with Gasteiger partial charge in [0.25, 0.3) is 8.32 Å². The van der Waals surface area contributed by atoms with E-state index in [2.05, 4.69) is 87.4 Å². The number of benzene rings is 2. The second-order valence-electron chi connectivity index (χ2n) is 6.87. The molecule has 2 aromatic rings. The van der Waals surface area contributed by atoms with Crippen molar-refractivity contribution in [1.82, 2.24) is 0 Å². The summed E-state index contributed by atoms with van der Waals surface area (Å²) in [6.45, 7) is 7.54. The van der Waals surface area contributed by atoms with Crippen LogP contribution < -0.4 is 10.4 Å². The SMILES string of the molecule is C#C/C=C/CCO[Si](c1ccccc1)(c1ccccc1)C(C)(C)C. The molecule has 2 heteroatoms. The van der Waals surface area contributed by atoms with Crippen molar-refractivity contribution in [3.05, 3.63) is 72.8 Å². The molecular weight excluding hydrogens is 308 g/mol. The first-order chi connectivity index (χ1) is 11.5. The smallest absolute Gasteiger partial charge is 0.261 e. The molecular formula is C22H26OSi. The van der Waals surface area contributed by atoms with Gasteiger partial charge in [0, 0.05) is 6.61 Å². The fourth-order valence-electron chi connectivity index (χ4n) is 3.19. The first-order valence-corrected chi connectivity index (χ1v) is 10.3. The quantitative estimate of drug-likeness (QED) is 0.438. The molecule has 2 aromatic carbocycles. The Morgan fingerprint density at radius 2 is 1.46 bits per heavy atom. The second kappa shape index (κ2) is 8.15. The maximum absolute atomic E-state index is 6.73. The highest BCUT2D eigenvalue weighted by Crippen LogP contribution is 2.36. The highest BCUT2D eigenvalue weighted by atomic mass is 28.4. The lowest BCUT2D eigenvalue weighted by molar-refractivity contribution is 0.304. The van der Waals surface area contributed by atoms with E-state index in [9.17, 15) is 0 Å². The third-order valence-electron chi connectivity index (χ3n) is 4.23. The van der Waals surface area contributed by atoms with Crippen molar-refractivity contribution in [3.8, 4) is 12.3 Å². The van der Waals surface area contributed by atoms with Gasteiger partial charge in [-0.2, -0.15) is 0 Å². The Bertz CT molecular complexity index is 651. The van der Waals surface area contributed by atoms with Crippen molar-refractivity contribution < 1.29 is 4.43 Å². The molecule has 24 heavy (non-hydrogen) atoms. The molecule has 0 fully saturated rings. The number of hydrogen-bond donors (Lipinski definition) is 0. The number of rotatable bonds is 6. The van der Waals surface area contributed by atoms with Crippen LogP contribution in [0.3, 0.4) is 0 Å². The minimum atomic E-state index is -2.40. The zero-order valence-electron chi connectivity index (χ0n) is 14.8. The van der Waals surface area contributed by atoms with Crippen LogP contribution in [-0.4, -0.2) is 14.9 Å². The molecule has 0 atom stereocenters. The van der Waals surface area contributed by atoms with Crippen molar-refractivity contribution >= 4 is 18.7 Å². The van der Waals surface area contributed by atoms with Gasteiger partial charge < -0.3 is 4.43 Å². The standard InChI is InChI=1S/C22H26OSi/c1-5-6-7-14-19-23-24(22(2,3)4,20-15-10-8-11-16-20)21-17-12-9-13-18-21/h1,6-13,15-18H,14,19H2,2-4H3/b7-6+. The van der Waals surface area contributed by atoms with Gasteiger partial charge in [-0.1, -0.05) is 93.4 Å². The summed E-state index contributed by atoms with van der Waals surface area (Å²) in [5.41, 5.74) is 0. The Morgan fingerprint density at radius 3 is 1.88 bits per heavy atom. The van der Waals surface area contributed by atoms with Crippen molar-refractivity contribution in [3.63, 3.8) is 0 Å². The Balaban J connectivity index is 2.49. The lowest BCUT2D eigenvalue weighted by atomic mass is 10.2. The number of allylic oxidation sites excluding steroid dienone is 1. The molecule has 0 amide bonds. The molecule has 0 saturated heterocycles. The molecule has 0 saturated carbocycles. The van der Waals surface area contributed by atoms with E-state index in [0.717, 1.165) is 6.42 Å². The third kappa shape index (κ3) is 3.87. The van der Waals surface area contributed by atoms with Crippen LogP contribution in [0.4, 0.5) is 0 Å². The van der Waals surface area contributed by atoms with E-state index >= 15 is 0 Å². The molecule has 0 aliphatic rings. The fraction of sp³-hybridized carbons (Fsp3) is 0.273. The fourth-order valence-corrected chi connectivity index (χ4v) is 7.77. The topological polar surface area (TPSA) is 9.23 Å². The lowest BCUT2D eigenvalue weighted by Crippen LogP contribution is -2.66. The van der Waals surface area contributed by atoms with Gasteiger partial charge in [-0.25, -0.2) is 0 Å². The predicted molar refractivity (Wildman–Crippen MR) is 106 cm³/mol. The Morgan fingerprint density at radius 1 is 0.958 bits per heavy atom. The number of terminal acetylenes is 1. The van der Waals surface area contributed by atoms with Crippen LogP contribution in [0.1, 0.15) is 27.2 Å². The van der Waals surface area contributed by atoms with E-state index in [1.54, 1.807) is 6.08 Å². The van der Waals surface area contributed by atoms with Crippen molar-refractivity contribution in [2.75, 3.05) is 6.61 Å². The summed E-state index contributed by atoms with van der Waals surface area (Å²) in [7, 11) is -2.40. The Hall–Kier alpha value is -2.08. The average molecular weight is 335 g/mol. The van der Waals surface area contributed by atoms with Crippen LogP contribution in [0.2, 0.25) is 5.04 Å². The maximum Gasteiger partial charge on any atom is 0.261 e. The van der Waals surface area contributed by atoms with Crippen molar-refractivity contribution in [2.24, 2.45) is 0 Å². The second-order valence-corrected chi connectivity index (χ2v) is 11.2. The molecule has 0 aromatic heterocycles. The summed E-state index contributed by atoms with van der Waals surface area (Å²) >= 11 is 0. The van der Waals surface area contributed by atoms with Crippen molar-refractivity contribution in [2.45, 2.75) is 32.2 Å². The molecule has 0 spiro atoms. The van der Waals surface area contributed by atoms with E-state index in [-0.39, 0.29) is 5.04 Å². The van der Waals surface area contributed by atoms with E-state index in [1.807, 2.05) is 6.08 Å². The summed E-state index contributed by atoms with van der Waals surface area (Å²) < 4.78 is 6.73. The average Bonchev–Trinajstić information content (AvgIpc) is 2.59. The van der Waals surface area contributed by atoms with Crippen LogP contribution in [0.5, 0.6) is 0 Å². The molecule has 2 rings (SSSR count). The molecule has 0 radical (unpaired) electrons. The summed E-state index contributed by atoms with van der Waals surface area (Å²) in [5, 5.41) is 2.64. The van der Waals surface area contributed by atoms with Crippen molar-refractivity contribution in [1.29, 1.82) is 0 Å². The van der Waals surface area contributed by atoms with Crippen LogP contribution in [0.25, 0.3) is 0 Å². The number of hydrogen-bond acceptors (Lipinski definition) is 1. The van der Waals surface area contributed by atoms with Gasteiger partial charge in [0.1, 0.15) is 0 Å². The highest BCUT2D eigenvalue weighted by Gasteiger charge is 2.49. The monoisotopic (exact) mass is 334 g/mol. The lowest BCUT2D eigenvalue weighted by Gasteiger charge is -2.43. The molecule has 124 valence electrons. The zero-order chi connectivity index (χ0) is 17.5. The van der Waals surface area contributed by atoms with Crippen LogP contribution in [0.15, 0.2) is 72.8 Å². The first-order valence-electron chi connectivity index (χ1n) is 8.38. The predicted octanol–water partition coefficient (Wildman–Crippen LogP) is 4.14. The zero-order valence-corrected chi connectivity index (χ0v) is 15.8. The molecule has 0 bridgehead atoms. The van der Waals surface area contributed by atoms with Gasteiger partial charge in [0.15, 0.2) is 0 Å². The van der Waals surface area contributed by atoms with Crippen LogP contribution in [0, 0.1) is 12.3 Å². The minimum Gasteiger partial charge on any atom is -0.407 e. The highest BCUT2D eigenvalue weighted by molar-refractivity contribution is 6.99. The molecule has 1 nitrogen and oxygen atoms in total. The van der Waals surface area contributed by atoms with E-state index in [1.165, 1.54) is 10.4 Å². The van der Waals surface area contributed by atoms with Crippen LogP contribution >= 0.6 is 0 Å². The van der Waals surface area contributed by atoms with E-state index in [4.69, 9.17) is 10.8 Å².